The SMILES string of the molecule is CC1CC(C)(C)CC(C)(OC#N)C1. The Bertz CT molecular complexity index is 229. The highest BCUT2D eigenvalue weighted by atomic mass is 16.5. The first-order valence-electron chi connectivity index (χ1n) is 4.94. The largest absolute Gasteiger partial charge is 0.421 e. The van der Waals surface area contributed by atoms with E-state index in [-0.39, 0.29) is 5.60 Å². The standard InChI is InChI=1S/C11H19NO/c1-9-5-10(2,3)7-11(4,6-9)13-8-12/h9H,5-7H2,1-4H3. The molecule has 0 N–H and O–H groups in total. The van der Waals surface area contributed by atoms with Crippen LogP contribution >= 0.6 is 0 Å². The molecule has 2 unspecified atom stereocenters. The molecule has 0 saturated heterocycles. The van der Waals surface area contributed by atoms with Crippen molar-refractivity contribution in [1.82, 2.24) is 0 Å². The molecule has 0 aromatic rings. The predicted octanol–water partition coefficient (Wildman–Crippen LogP) is 3.09. The van der Waals surface area contributed by atoms with Gasteiger partial charge in [-0.2, -0.15) is 5.26 Å². The van der Waals surface area contributed by atoms with Crippen LogP contribution in [0.15, 0.2) is 0 Å². The van der Waals surface area contributed by atoms with Crippen LogP contribution in [0.4, 0.5) is 0 Å². The number of hydrogen-bond acceptors (Lipinski definition) is 2. The van der Waals surface area contributed by atoms with Crippen molar-refractivity contribution in [1.29, 1.82) is 5.26 Å². The number of nitrogens with zero attached hydrogens (tertiary/aromatic N) is 1. The molecule has 74 valence electrons. The van der Waals surface area contributed by atoms with Crippen LogP contribution in [0.3, 0.4) is 0 Å². The van der Waals surface area contributed by atoms with Gasteiger partial charge in [0.2, 0.25) is 0 Å². The lowest BCUT2D eigenvalue weighted by Gasteiger charge is -2.43. The van der Waals surface area contributed by atoms with Gasteiger partial charge in [-0.05, 0) is 37.5 Å². The third kappa shape index (κ3) is 2.62. The minimum atomic E-state index is -0.226. The molecule has 1 aliphatic rings. The molecular formula is C11H19NO. The Hall–Kier alpha value is -0.710. The summed E-state index contributed by atoms with van der Waals surface area (Å²) in [5.74, 6) is 0.655. The van der Waals surface area contributed by atoms with Gasteiger partial charge in [0, 0.05) is 0 Å². The van der Waals surface area contributed by atoms with Gasteiger partial charge in [-0.1, -0.05) is 20.8 Å². The van der Waals surface area contributed by atoms with E-state index in [1.807, 2.05) is 13.2 Å². The smallest absolute Gasteiger partial charge is 0.286 e. The van der Waals surface area contributed by atoms with Gasteiger partial charge < -0.3 is 4.74 Å². The van der Waals surface area contributed by atoms with Gasteiger partial charge in [0.25, 0.3) is 6.26 Å². The first-order valence-corrected chi connectivity index (χ1v) is 4.94. The number of rotatable bonds is 1. The summed E-state index contributed by atoms with van der Waals surface area (Å²) < 4.78 is 5.18. The lowest BCUT2D eigenvalue weighted by atomic mass is 9.66. The molecule has 2 atom stereocenters. The first-order chi connectivity index (χ1) is 5.87. The van der Waals surface area contributed by atoms with Gasteiger partial charge >= 0.3 is 0 Å². The molecule has 1 aliphatic carbocycles. The zero-order valence-corrected chi connectivity index (χ0v) is 9.05. The van der Waals surface area contributed by atoms with Crippen molar-refractivity contribution in [3.63, 3.8) is 0 Å². The highest BCUT2D eigenvalue weighted by molar-refractivity contribution is 4.92. The van der Waals surface area contributed by atoms with Crippen LogP contribution in [0, 0.1) is 22.9 Å². The molecule has 2 nitrogen and oxygen atoms in total. The fourth-order valence-corrected chi connectivity index (χ4v) is 3.10. The Kier molecular flexibility index (Phi) is 2.56. The van der Waals surface area contributed by atoms with Crippen molar-refractivity contribution < 1.29 is 4.74 Å². The molecule has 0 aromatic carbocycles. The van der Waals surface area contributed by atoms with E-state index in [2.05, 4.69) is 20.8 Å². The lowest BCUT2D eigenvalue weighted by Crippen LogP contribution is -2.41. The number of nitriles is 1. The van der Waals surface area contributed by atoms with E-state index in [1.165, 1.54) is 6.42 Å². The third-order valence-electron chi connectivity index (χ3n) is 2.83. The number of hydrogen-bond donors (Lipinski definition) is 0. The maximum Gasteiger partial charge on any atom is 0.286 e. The molecule has 0 aromatic heterocycles. The average Bonchev–Trinajstić information content (AvgIpc) is 1.78. The maximum atomic E-state index is 8.57. The predicted molar refractivity (Wildman–Crippen MR) is 51.9 cm³/mol. The fourth-order valence-electron chi connectivity index (χ4n) is 3.10. The summed E-state index contributed by atoms with van der Waals surface area (Å²) >= 11 is 0. The Labute approximate surface area is 80.9 Å². The van der Waals surface area contributed by atoms with Gasteiger partial charge in [0.05, 0.1) is 0 Å². The maximum absolute atomic E-state index is 8.57. The zero-order valence-electron chi connectivity index (χ0n) is 9.05. The second-order valence-corrected chi connectivity index (χ2v) is 5.50. The van der Waals surface area contributed by atoms with E-state index in [4.69, 9.17) is 10.00 Å². The highest BCUT2D eigenvalue weighted by Crippen LogP contribution is 2.45. The molecule has 0 bridgehead atoms. The van der Waals surface area contributed by atoms with Gasteiger partial charge in [-0.15, -0.1) is 0 Å². The van der Waals surface area contributed by atoms with E-state index in [9.17, 15) is 0 Å². The first kappa shape index (κ1) is 10.4. The topological polar surface area (TPSA) is 33.0 Å². The van der Waals surface area contributed by atoms with Gasteiger partial charge in [-0.3, -0.25) is 0 Å². The van der Waals surface area contributed by atoms with Gasteiger partial charge in [0.15, 0.2) is 0 Å². The normalized spacial score (nSPS) is 37.9. The molecule has 1 rings (SSSR count). The number of ether oxygens (including phenoxy) is 1. The quantitative estimate of drug-likeness (QED) is 0.582. The van der Waals surface area contributed by atoms with Crippen molar-refractivity contribution >= 4 is 0 Å². The van der Waals surface area contributed by atoms with Crippen molar-refractivity contribution in [3.05, 3.63) is 0 Å². The van der Waals surface area contributed by atoms with Gasteiger partial charge in [0.1, 0.15) is 5.60 Å². The van der Waals surface area contributed by atoms with Crippen LogP contribution < -0.4 is 0 Å². The zero-order chi connectivity index (χ0) is 10.1. The average molecular weight is 181 g/mol. The fraction of sp³-hybridized carbons (Fsp3) is 0.909. The minimum absolute atomic E-state index is 0.226. The van der Waals surface area contributed by atoms with Gasteiger partial charge in [-0.25, -0.2) is 0 Å². The second-order valence-electron chi connectivity index (χ2n) is 5.50. The molecule has 1 saturated carbocycles. The molecule has 0 aliphatic heterocycles. The Morgan fingerprint density at radius 3 is 2.38 bits per heavy atom. The Morgan fingerprint density at radius 1 is 1.31 bits per heavy atom. The summed E-state index contributed by atoms with van der Waals surface area (Å²) in [5.41, 5.74) is 0.0825. The molecule has 0 radical (unpaired) electrons. The monoisotopic (exact) mass is 181 g/mol. The summed E-state index contributed by atoms with van der Waals surface area (Å²) in [4.78, 5) is 0. The lowest BCUT2D eigenvalue weighted by molar-refractivity contribution is -0.0453. The van der Waals surface area contributed by atoms with Crippen molar-refractivity contribution in [3.8, 4) is 6.26 Å². The van der Waals surface area contributed by atoms with E-state index in [0.29, 0.717) is 11.3 Å². The molecule has 2 heteroatoms. The molecule has 0 amide bonds. The minimum Gasteiger partial charge on any atom is -0.421 e. The summed E-state index contributed by atoms with van der Waals surface area (Å²) in [5, 5.41) is 8.57. The van der Waals surface area contributed by atoms with E-state index in [1.54, 1.807) is 0 Å². The molecule has 1 fully saturated rings. The van der Waals surface area contributed by atoms with Crippen LogP contribution in [-0.2, 0) is 4.74 Å². The Balaban J connectivity index is 2.73. The van der Waals surface area contributed by atoms with E-state index < -0.39 is 0 Å². The van der Waals surface area contributed by atoms with Crippen LogP contribution in [0.1, 0.15) is 47.0 Å². The third-order valence-corrected chi connectivity index (χ3v) is 2.83. The summed E-state index contributed by atoms with van der Waals surface area (Å²) in [6, 6.07) is 0. The van der Waals surface area contributed by atoms with Crippen molar-refractivity contribution in [2.24, 2.45) is 11.3 Å². The molecule has 0 heterocycles. The van der Waals surface area contributed by atoms with Crippen LogP contribution in [0.25, 0.3) is 0 Å². The van der Waals surface area contributed by atoms with E-state index in [0.717, 1.165) is 12.8 Å². The molecule has 13 heavy (non-hydrogen) atoms. The van der Waals surface area contributed by atoms with Crippen molar-refractivity contribution in [2.45, 2.75) is 52.6 Å². The highest BCUT2D eigenvalue weighted by Gasteiger charge is 2.41. The summed E-state index contributed by atoms with van der Waals surface area (Å²) in [6.45, 7) is 8.79. The van der Waals surface area contributed by atoms with Crippen molar-refractivity contribution in [2.75, 3.05) is 0 Å². The molecular weight excluding hydrogens is 162 g/mol. The summed E-state index contributed by atoms with van der Waals surface area (Å²) in [6.07, 6.45) is 5.06. The summed E-state index contributed by atoms with van der Waals surface area (Å²) in [7, 11) is 0. The van der Waals surface area contributed by atoms with E-state index >= 15 is 0 Å². The van der Waals surface area contributed by atoms with Crippen LogP contribution in [0.5, 0.6) is 0 Å². The second kappa shape index (κ2) is 3.21. The van der Waals surface area contributed by atoms with Crippen LogP contribution in [0.2, 0.25) is 0 Å². The Morgan fingerprint density at radius 2 is 1.92 bits per heavy atom. The molecule has 0 spiro atoms. The van der Waals surface area contributed by atoms with Crippen LogP contribution in [-0.4, -0.2) is 5.60 Å².